The van der Waals surface area contributed by atoms with Crippen molar-refractivity contribution in [2.45, 2.75) is 19.1 Å². The second-order valence-electron chi connectivity index (χ2n) is 5.23. The minimum Gasteiger partial charge on any atom is -0.493 e. The highest BCUT2D eigenvalue weighted by atomic mass is 32.1. The highest BCUT2D eigenvalue weighted by Crippen LogP contribution is 2.31. The summed E-state index contributed by atoms with van der Waals surface area (Å²) in [5.41, 5.74) is 1.70. The van der Waals surface area contributed by atoms with Crippen molar-refractivity contribution in [2.24, 2.45) is 0 Å². The van der Waals surface area contributed by atoms with Crippen LogP contribution in [0.2, 0.25) is 0 Å². The SMILES string of the molecule is COc1cccc2cc([C@@H](C)NC[C@@H](O)c3ccsc3)oc12. The average molecular weight is 317 g/mol. The molecule has 3 rings (SSSR count). The second kappa shape index (κ2) is 6.52. The van der Waals surface area contributed by atoms with Crippen molar-refractivity contribution < 1.29 is 14.3 Å². The Morgan fingerprint density at radius 1 is 1.36 bits per heavy atom. The Hall–Kier alpha value is -1.82. The maximum absolute atomic E-state index is 10.1. The largest absolute Gasteiger partial charge is 0.493 e. The molecular weight excluding hydrogens is 298 g/mol. The monoisotopic (exact) mass is 317 g/mol. The summed E-state index contributed by atoms with van der Waals surface area (Å²) in [5.74, 6) is 1.56. The molecule has 0 aliphatic rings. The molecule has 0 saturated heterocycles. The van der Waals surface area contributed by atoms with E-state index in [1.54, 1.807) is 18.4 Å². The molecule has 2 N–H and O–H groups in total. The highest BCUT2D eigenvalue weighted by molar-refractivity contribution is 7.07. The van der Waals surface area contributed by atoms with E-state index in [0.29, 0.717) is 6.54 Å². The predicted octanol–water partition coefficient (Wildman–Crippen LogP) is 3.89. The predicted molar refractivity (Wildman–Crippen MR) is 88.5 cm³/mol. The highest BCUT2D eigenvalue weighted by Gasteiger charge is 2.15. The smallest absolute Gasteiger partial charge is 0.176 e. The molecule has 0 saturated carbocycles. The van der Waals surface area contributed by atoms with Crippen LogP contribution in [0, 0.1) is 0 Å². The zero-order valence-electron chi connectivity index (χ0n) is 12.6. The molecule has 2 aromatic heterocycles. The minimum absolute atomic E-state index is 0.00499. The molecule has 5 heteroatoms. The van der Waals surface area contributed by atoms with E-state index in [1.807, 2.05) is 48.0 Å². The summed E-state index contributed by atoms with van der Waals surface area (Å²) in [7, 11) is 1.63. The van der Waals surface area contributed by atoms with Gasteiger partial charge >= 0.3 is 0 Å². The number of aliphatic hydroxyl groups is 1. The molecule has 0 aliphatic carbocycles. The number of furan rings is 1. The van der Waals surface area contributed by atoms with Crippen molar-refractivity contribution in [1.29, 1.82) is 0 Å². The summed E-state index contributed by atoms with van der Waals surface area (Å²) >= 11 is 1.59. The van der Waals surface area contributed by atoms with Gasteiger partial charge in [-0.3, -0.25) is 0 Å². The molecule has 2 atom stereocenters. The number of hydrogen-bond acceptors (Lipinski definition) is 5. The normalized spacial score (nSPS) is 14.1. The number of methoxy groups -OCH3 is 1. The molecule has 4 nitrogen and oxygen atoms in total. The lowest BCUT2D eigenvalue weighted by Crippen LogP contribution is -2.24. The third-order valence-corrected chi connectivity index (χ3v) is 4.42. The summed E-state index contributed by atoms with van der Waals surface area (Å²) in [6.45, 7) is 2.50. The number of para-hydroxylation sites is 1. The first-order valence-corrected chi connectivity index (χ1v) is 8.13. The number of rotatable bonds is 6. The maximum Gasteiger partial charge on any atom is 0.176 e. The molecule has 0 bridgehead atoms. The van der Waals surface area contributed by atoms with Crippen LogP contribution in [0.4, 0.5) is 0 Å². The standard InChI is InChI=1S/C17H19NO3S/c1-11(18-9-14(19)13-6-7-22-10-13)16-8-12-4-3-5-15(20-2)17(12)21-16/h3-8,10-11,14,18-19H,9H2,1-2H3/t11-,14-/m1/s1. The molecule has 22 heavy (non-hydrogen) atoms. The van der Waals surface area contributed by atoms with Crippen LogP contribution in [0.1, 0.15) is 30.4 Å². The summed E-state index contributed by atoms with van der Waals surface area (Å²) < 4.78 is 11.2. The van der Waals surface area contributed by atoms with Gasteiger partial charge in [0.05, 0.1) is 19.3 Å². The Morgan fingerprint density at radius 3 is 2.95 bits per heavy atom. The number of thiophene rings is 1. The van der Waals surface area contributed by atoms with E-state index in [1.165, 1.54) is 0 Å². The molecule has 2 heterocycles. The van der Waals surface area contributed by atoms with Crippen molar-refractivity contribution in [3.05, 3.63) is 52.4 Å². The van der Waals surface area contributed by atoms with Crippen molar-refractivity contribution in [1.82, 2.24) is 5.32 Å². The fourth-order valence-electron chi connectivity index (χ4n) is 2.40. The Morgan fingerprint density at radius 2 is 2.23 bits per heavy atom. The number of fused-ring (bicyclic) bond motifs is 1. The first kappa shape index (κ1) is 15.1. The molecule has 0 radical (unpaired) electrons. The van der Waals surface area contributed by atoms with E-state index in [-0.39, 0.29) is 6.04 Å². The molecule has 0 amide bonds. The van der Waals surface area contributed by atoms with Gasteiger partial charge in [-0.2, -0.15) is 11.3 Å². The number of aliphatic hydroxyl groups excluding tert-OH is 1. The summed E-state index contributed by atoms with van der Waals surface area (Å²) in [6.07, 6.45) is -0.507. The van der Waals surface area contributed by atoms with Crippen LogP contribution < -0.4 is 10.1 Å². The van der Waals surface area contributed by atoms with E-state index >= 15 is 0 Å². The van der Waals surface area contributed by atoms with Gasteiger partial charge in [-0.15, -0.1) is 0 Å². The van der Waals surface area contributed by atoms with Crippen LogP contribution in [0.25, 0.3) is 11.0 Å². The molecular formula is C17H19NO3S. The van der Waals surface area contributed by atoms with E-state index < -0.39 is 6.10 Å². The van der Waals surface area contributed by atoms with Gasteiger partial charge in [0.2, 0.25) is 0 Å². The summed E-state index contributed by atoms with van der Waals surface area (Å²) in [4.78, 5) is 0. The second-order valence-corrected chi connectivity index (χ2v) is 6.01. The average Bonchev–Trinajstić information content (AvgIpc) is 3.20. The number of hydrogen-bond donors (Lipinski definition) is 2. The maximum atomic E-state index is 10.1. The molecule has 0 fully saturated rings. The van der Waals surface area contributed by atoms with Crippen molar-refractivity contribution in [3.8, 4) is 5.75 Å². The molecule has 3 aromatic rings. The van der Waals surface area contributed by atoms with E-state index in [0.717, 1.165) is 28.0 Å². The number of ether oxygens (including phenoxy) is 1. The lowest BCUT2D eigenvalue weighted by Gasteiger charge is -2.14. The summed E-state index contributed by atoms with van der Waals surface area (Å²) in [5, 5.41) is 18.4. The van der Waals surface area contributed by atoms with Crippen LogP contribution in [0.15, 0.2) is 45.5 Å². The first-order chi connectivity index (χ1) is 10.7. The van der Waals surface area contributed by atoms with Gasteiger partial charge in [-0.25, -0.2) is 0 Å². The van der Waals surface area contributed by atoms with Gasteiger partial charge in [0, 0.05) is 11.9 Å². The van der Waals surface area contributed by atoms with Gasteiger partial charge in [-0.1, -0.05) is 12.1 Å². The minimum atomic E-state index is -0.507. The Balaban J connectivity index is 1.71. The van der Waals surface area contributed by atoms with Crippen LogP contribution in [0.3, 0.4) is 0 Å². The Labute approximate surface area is 133 Å². The third kappa shape index (κ3) is 3.02. The summed E-state index contributed by atoms with van der Waals surface area (Å²) in [6, 6.07) is 9.77. The van der Waals surface area contributed by atoms with Crippen molar-refractivity contribution >= 4 is 22.3 Å². The molecule has 0 spiro atoms. The third-order valence-electron chi connectivity index (χ3n) is 3.72. The Kier molecular flexibility index (Phi) is 4.47. The quantitative estimate of drug-likeness (QED) is 0.724. The zero-order valence-corrected chi connectivity index (χ0v) is 13.4. The van der Waals surface area contributed by atoms with Gasteiger partial charge in [0.25, 0.3) is 0 Å². The fourth-order valence-corrected chi connectivity index (χ4v) is 3.11. The molecule has 0 aliphatic heterocycles. The van der Waals surface area contributed by atoms with E-state index in [9.17, 15) is 5.11 Å². The van der Waals surface area contributed by atoms with Gasteiger partial charge in [-0.05, 0) is 41.4 Å². The van der Waals surface area contributed by atoms with Gasteiger partial charge < -0.3 is 19.6 Å². The topological polar surface area (TPSA) is 54.6 Å². The van der Waals surface area contributed by atoms with Crippen LogP contribution in [0.5, 0.6) is 5.75 Å². The lowest BCUT2D eigenvalue weighted by molar-refractivity contribution is 0.169. The zero-order chi connectivity index (χ0) is 15.5. The number of benzene rings is 1. The van der Waals surface area contributed by atoms with Gasteiger partial charge in [0.15, 0.2) is 11.3 Å². The van der Waals surface area contributed by atoms with E-state index in [2.05, 4.69) is 5.32 Å². The number of nitrogens with one attached hydrogen (secondary N) is 1. The van der Waals surface area contributed by atoms with Crippen molar-refractivity contribution in [3.63, 3.8) is 0 Å². The van der Waals surface area contributed by atoms with E-state index in [4.69, 9.17) is 9.15 Å². The van der Waals surface area contributed by atoms with Gasteiger partial charge in [0.1, 0.15) is 5.76 Å². The fraction of sp³-hybridized carbons (Fsp3) is 0.294. The van der Waals surface area contributed by atoms with Crippen molar-refractivity contribution in [2.75, 3.05) is 13.7 Å². The van der Waals surface area contributed by atoms with Crippen LogP contribution in [-0.4, -0.2) is 18.8 Å². The van der Waals surface area contributed by atoms with Crippen LogP contribution in [-0.2, 0) is 0 Å². The first-order valence-electron chi connectivity index (χ1n) is 7.19. The Bertz CT molecular complexity index is 736. The molecule has 0 unspecified atom stereocenters. The molecule has 1 aromatic carbocycles. The lowest BCUT2D eigenvalue weighted by atomic mass is 10.1. The van der Waals surface area contributed by atoms with Crippen LogP contribution >= 0.6 is 11.3 Å². The molecule has 116 valence electrons.